The van der Waals surface area contributed by atoms with E-state index in [0.717, 1.165) is 11.1 Å². The molecule has 1 unspecified atom stereocenters. The number of nitrogens with one attached hydrogen (secondary N) is 2. The minimum Gasteiger partial charge on any atom is -0.481 e. The molecule has 0 bridgehead atoms. The molecule has 0 aliphatic carbocycles. The van der Waals surface area contributed by atoms with E-state index in [4.69, 9.17) is 9.47 Å². The number of hydrogen-bond donors (Lipinski definition) is 2. The molecule has 27 heavy (non-hydrogen) atoms. The van der Waals surface area contributed by atoms with Gasteiger partial charge in [0.15, 0.2) is 12.7 Å². The SMILES string of the molecule is Cc1cccc(C)c1OCC(=O)OC(C)C(=O)NC(=O)Nc1ccccc1. The molecule has 7 heteroatoms. The van der Waals surface area contributed by atoms with E-state index in [1.165, 1.54) is 6.92 Å². The summed E-state index contributed by atoms with van der Waals surface area (Å²) in [5, 5.41) is 4.62. The van der Waals surface area contributed by atoms with Crippen LogP contribution in [0.25, 0.3) is 0 Å². The molecule has 0 aliphatic rings. The molecule has 0 aromatic heterocycles. The average Bonchev–Trinajstić information content (AvgIpc) is 2.62. The van der Waals surface area contributed by atoms with E-state index < -0.39 is 24.0 Å². The van der Waals surface area contributed by atoms with E-state index in [9.17, 15) is 14.4 Å². The molecule has 7 nitrogen and oxygen atoms in total. The third-order valence-corrected chi connectivity index (χ3v) is 3.69. The van der Waals surface area contributed by atoms with Crippen molar-refractivity contribution in [2.45, 2.75) is 26.9 Å². The Hall–Kier alpha value is -3.35. The predicted molar refractivity (Wildman–Crippen MR) is 101 cm³/mol. The number of carbonyl (C=O) groups excluding carboxylic acids is 3. The Balaban J connectivity index is 1.79. The molecular weight excluding hydrogens is 348 g/mol. The number of ether oxygens (including phenoxy) is 2. The summed E-state index contributed by atoms with van der Waals surface area (Å²) in [6.45, 7) is 4.78. The first-order chi connectivity index (χ1) is 12.9. The van der Waals surface area contributed by atoms with Crippen LogP contribution in [0.3, 0.4) is 0 Å². The third-order valence-electron chi connectivity index (χ3n) is 3.69. The van der Waals surface area contributed by atoms with Gasteiger partial charge in [-0.05, 0) is 44.0 Å². The second-order valence-corrected chi connectivity index (χ2v) is 5.95. The fourth-order valence-electron chi connectivity index (χ4n) is 2.34. The molecule has 2 rings (SSSR count). The quantitative estimate of drug-likeness (QED) is 0.763. The first kappa shape index (κ1) is 20.0. The fourth-order valence-corrected chi connectivity index (χ4v) is 2.34. The van der Waals surface area contributed by atoms with Crippen LogP contribution >= 0.6 is 0 Å². The highest BCUT2D eigenvalue weighted by atomic mass is 16.6. The smallest absolute Gasteiger partial charge is 0.344 e. The van der Waals surface area contributed by atoms with Crippen molar-refractivity contribution < 1.29 is 23.9 Å². The number of benzene rings is 2. The summed E-state index contributed by atoms with van der Waals surface area (Å²) in [4.78, 5) is 35.7. The lowest BCUT2D eigenvalue weighted by Gasteiger charge is -2.15. The lowest BCUT2D eigenvalue weighted by molar-refractivity contribution is -0.156. The topological polar surface area (TPSA) is 93.7 Å². The maximum absolute atomic E-state index is 12.0. The van der Waals surface area contributed by atoms with Gasteiger partial charge in [0, 0.05) is 5.69 Å². The van der Waals surface area contributed by atoms with Crippen LogP contribution in [-0.2, 0) is 14.3 Å². The van der Waals surface area contributed by atoms with Gasteiger partial charge in [0.1, 0.15) is 5.75 Å². The van der Waals surface area contributed by atoms with E-state index in [2.05, 4.69) is 10.6 Å². The zero-order chi connectivity index (χ0) is 19.8. The predicted octanol–water partition coefficient (Wildman–Crippen LogP) is 2.96. The first-order valence-electron chi connectivity index (χ1n) is 8.42. The number of imide groups is 1. The van der Waals surface area contributed by atoms with Crippen LogP contribution in [0.15, 0.2) is 48.5 Å². The lowest BCUT2D eigenvalue weighted by atomic mass is 10.1. The summed E-state index contributed by atoms with van der Waals surface area (Å²) in [6.07, 6.45) is -1.14. The molecule has 0 heterocycles. The molecule has 0 fully saturated rings. The molecule has 1 atom stereocenters. The van der Waals surface area contributed by atoms with Crippen molar-refractivity contribution in [3.63, 3.8) is 0 Å². The summed E-state index contributed by atoms with van der Waals surface area (Å²) in [6, 6.07) is 13.6. The van der Waals surface area contributed by atoms with Gasteiger partial charge in [0.25, 0.3) is 5.91 Å². The fraction of sp³-hybridized carbons (Fsp3) is 0.250. The Bertz CT molecular complexity index is 800. The van der Waals surface area contributed by atoms with Crippen LogP contribution in [0.5, 0.6) is 5.75 Å². The van der Waals surface area contributed by atoms with Crippen LogP contribution in [0, 0.1) is 13.8 Å². The largest absolute Gasteiger partial charge is 0.481 e. The molecule has 0 spiro atoms. The lowest BCUT2D eigenvalue weighted by Crippen LogP contribution is -2.42. The minimum atomic E-state index is -1.14. The molecule has 0 radical (unpaired) electrons. The molecule has 2 N–H and O–H groups in total. The van der Waals surface area contributed by atoms with Crippen LogP contribution in [0.1, 0.15) is 18.1 Å². The summed E-state index contributed by atoms with van der Waals surface area (Å²) >= 11 is 0. The first-order valence-corrected chi connectivity index (χ1v) is 8.42. The summed E-state index contributed by atoms with van der Waals surface area (Å²) in [7, 11) is 0. The van der Waals surface area contributed by atoms with Crippen LogP contribution in [-0.4, -0.2) is 30.6 Å². The van der Waals surface area contributed by atoms with Crippen molar-refractivity contribution in [2.75, 3.05) is 11.9 Å². The molecule has 0 saturated carbocycles. The average molecular weight is 370 g/mol. The van der Waals surface area contributed by atoms with E-state index in [0.29, 0.717) is 11.4 Å². The number of carbonyl (C=O) groups is 3. The number of anilines is 1. The van der Waals surface area contributed by atoms with Crippen molar-refractivity contribution in [3.8, 4) is 5.75 Å². The Morgan fingerprint density at radius 2 is 1.59 bits per heavy atom. The van der Waals surface area contributed by atoms with E-state index in [-0.39, 0.29) is 6.61 Å². The maximum atomic E-state index is 12.0. The van der Waals surface area contributed by atoms with E-state index >= 15 is 0 Å². The molecule has 2 aromatic rings. The summed E-state index contributed by atoms with van der Waals surface area (Å²) in [5.41, 5.74) is 2.33. The van der Waals surface area contributed by atoms with Crippen LogP contribution < -0.4 is 15.4 Å². The van der Waals surface area contributed by atoms with Gasteiger partial charge in [-0.1, -0.05) is 36.4 Å². The monoisotopic (exact) mass is 370 g/mol. The van der Waals surface area contributed by atoms with Gasteiger partial charge in [-0.25, -0.2) is 9.59 Å². The van der Waals surface area contributed by atoms with Gasteiger partial charge >= 0.3 is 12.0 Å². The van der Waals surface area contributed by atoms with Gasteiger partial charge in [-0.15, -0.1) is 0 Å². The second-order valence-electron chi connectivity index (χ2n) is 5.95. The van der Waals surface area contributed by atoms with Crippen LogP contribution in [0.2, 0.25) is 0 Å². The molecule has 3 amide bonds. The number of amides is 3. The zero-order valence-electron chi connectivity index (χ0n) is 15.4. The Morgan fingerprint density at radius 1 is 0.963 bits per heavy atom. The second kappa shape index (κ2) is 9.38. The van der Waals surface area contributed by atoms with Crippen molar-refractivity contribution in [1.29, 1.82) is 0 Å². The number of aryl methyl sites for hydroxylation is 2. The van der Waals surface area contributed by atoms with Gasteiger partial charge in [-0.2, -0.15) is 0 Å². The normalized spacial score (nSPS) is 11.2. The van der Waals surface area contributed by atoms with Crippen molar-refractivity contribution in [2.24, 2.45) is 0 Å². The highest BCUT2D eigenvalue weighted by Gasteiger charge is 2.20. The number of para-hydroxylation sites is 2. The number of hydrogen-bond acceptors (Lipinski definition) is 5. The van der Waals surface area contributed by atoms with Crippen molar-refractivity contribution in [1.82, 2.24) is 5.32 Å². The van der Waals surface area contributed by atoms with Gasteiger partial charge < -0.3 is 14.8 Å². The standard InChI is InChI=1S/C20H22N2O5/c1-13-8-7-9-14(2)18(13)26-12-17(23)27-15(3)19(24)22-20(25)21-16-10-5-4-6-11-16/h4-11,15H,12H2,1-3H3,(H2,21,22,24,25). The maximum Gasteiger partial charge on any atom is 0.344 e. The Morgan fingerprint density at radius 3 is 2.22 bits per heavy atom. The summed E-state index contributed by atoms with van der Waals surface area (Å²) in [5.74, 6) is -0.832. The third kappa shape index (κ3) is 6.14. The highest BCUT2D eigenvalue weighted by Crippen LogP contribution is 2.22. The molecular formula is C20H22N2O5. The van der Waals surface area contributed by atoms with Gasteiger partial charge in [-0.3, -0.25) is 10.1 Å². The number of urea groups is 1. The van der Waals surface area contributed by atoms with E-state index in [1.54, 1.807) is 30.3 Å². The highest BCUT2D eigenvalue weighted by molar-refractivity contribution is 6.02. The van der Waals surface area contributed by atoms with E-state index in [1.807, 2.05) is 32.0 Å². The molecule has 0 saturated heterocycles. The van der Waals surface area contributed by atoms with Crippen molar-refractivity contribution >= 4 is 23.6 Å². The molecule has 2 aromatic carbocycles. The molecule has 0 aliphatic heterocycles. The molecule has 142 valence electrons. The van der Waals surface area contributed by atoms with Crippen molar-refractivity contribution in [3.05, 3.63) is 59.7 Å². The number of rotatable bonds is 6. The number of esters is 1. The summed E-state index contributed by atoms with van der Waals surface area (Å²) < 4.78 is 10.5. The minimum absolute atomic E-state index is 0.334. The van der Waals surface area contributed by atoms with Gasteiger partial charge in [0.05, 0.1) is 0 Å². The Kier molecular flexibility index (Phi) is 6.93. The van der Waals surface area contributed by atoms with Gasteiger partial charge in [0.2, 0.25) is 0 Å². The zero-order valence-corrected chi connectivity index (χ0v) is 15.4. The van der Waals surface area contributed by atoms with Crippen LogP contribution in [0.4, 0.5) is 10.5 Å². The Labute approximate surface area is 157 Å².